The molecule has 28 heavy (non-hydrogen) atoms. The van der Waals surface area contributed by atoms with Crippen molar-refractivity contribution in [2.24, 2.45) is 4.99 Å². The number of carbonyl (C=O) groups excluding carboxylic acids is 1. The van der Waals surface area contributed by atoms with Gasteiger partial charge in [-0.05, 0) is 37.1 Å². The van der Waals surface area contributed by atoms with E-state index in [9.17, 15) is 13.2 Å². The van der Waals surface area contributed by atoms with Gasteiger partial charge in [-0.3, -0.25) is 9.89 Å². The van der Waals surface area contributed by atoms with Gasteiger partial charge in [0.1, 0.15) is 11.4 Å². The maximum atomic E-state index is 12.6. The lowest BCUT2D eigenvalue weighted by molar-refractivity contribution is 0.0994. The maximum Gasteiger partial charge on any atom is 0.294 e. The van der Waals surface area contributed by atoms with E-state index >= 15 is 0 Å². The molecule has 0 aliphatic carbocycles. The molecule has 148 valence electrons. The van der Waals surface area contributed by atoms with E-state index in [0.29, 0.717) is 24.4 Å². The number of benzene rings is 1. The highest BCUT2D eigenvalue weighted by atomic mass is 32.2. The summed E-state index contributed by atoms with van der Waals surface area (Å²) in [5, 5.41) is 10.0. The minimum Gasteiger partial charge on any atom is -0.497 e. The highest BCUT2D eigenvalue weighted by Gasteiger charge is 2.34. The topological polar surface area (TPSA) is 126 Å². The lowest BCUT2D eigenvalue weighted by Gasteiger charge is -2.34. The minimum absolute atomic E-state index is 0.0643. The SMILES string of the molecule is COc1ccc(S(=O)(=O)NC2CCC(C3C=NC(=O)c4[nH]ncc43)NC2)cc1. The van der Waals surface area contributed by atoms with Gasteiger partial charge < -0.3 is 10.1 Å². The molecule has 3 unspecified atom stereocenters. The van der Waals surface area contributed by atoms with E-state index in [0.717, 1.165) is 12.0 Å². The zero-order valence-corrected chi connectivity index (χ0v) is 16.1. The number of aliphatic imine (C=N–C) groups is 1. The zero-order chi connectivity index (χ0) is 19.7. The molecule has 9 nitrogen and oxygen atoms in total. The molecule has 3 heterocycles. The van der Waals surface area contributed by atoms with Crippen molar-refractivity contribution in [1.29, 1.82) is 0 Å². The van der Waals surface area contributed by atoms with Crippen LogP contribution in [0.4, 0.5) is 0 Å². The Labute approximate surface area is 162 Å². The first kappa shape index (κ1) is 18.8. The van der Waals surface area contributed by atoms with E-state index in [2.05, 4.69) is 25.2 Å². The summed E-state index contributed by atoms with van der Waals surface area (Å²) in [6.45, 7) is 0.492. The number of fused-ring (bicyclic) bond motifs is 1. The van der Waals surface area contributed by atoms with Gasteiger partial charge in [-0.1, -0.05) is 0 Å². The third-order valence-corrected chi connectivity index (χ3v) is 6.71. The fourth-order valence-electron chi connectivity index (χ4n) is 3.66. The monoisotopic (exact) mass is 403 g/mol. The third kappa shape index (κ3) is 3.58. The molecule has 2 aliphatic heterocycles. The van der Waals surface area contributed by atoms with Gasteiger partial charge in [0.15, 0.2) is 0 Å². The fourth-order valence-corrected chi connectivity index (χ4v) is 4.93. The Morgan fingerprint density at radius 2 is 2.00 bits per heavy atom. The van der Waals surface area contributed by atoms with E-state index in [-0.39, 0.29) is 28.8 Å². The molecule has 2 aromatic rings. The van der Waals surface area contributed by atoms with Crippen molar-refractivity contribution in [1.82, 2.24) is 20.2 Å². The quantitative estimate of drug-likeness (QED) is 0.679. The van der Waals surface area contributed by atoms with Crippen LogP contribution in [0.25, 0.3) is 0 Å². The number of carbonyl (C=O) groups is 1. The molecule has 0 spiro atoms. The summed E-state index contributed by atoms with van der Waals surface area (Å²) in [7, 11) is -2.07. The van der Waals surface area contributed by atoms with E-state index in [1.165, 1.54) is 19.2 Å². The van der Waals surface area contributed by atoms with Crippen LogP contribution >= 0.6 is 0 Å². The molecule has 1 aromatic carbocycles. The Balaban J connectivity index is 1.39. The molecule has 2 aliphatic rings. The molecule has 3 N–H and O–H groups in total. The van der Waals surface area contributed by atoms with E-state index in [1.54, 1.807) is 24.5 Å². The van der Waals surface area contributed by atoms with Crippen LogP contribution in [0.2, 0.25) is 0 Å². The summed E-state index contributed by atoms with van der Waals surface area (Å²) in [6, 6.07) is 6.14. The molecule has 1 aromatic heterocycles. The first-order valence-electron chi connectivity index (χ1n) is 8.99. The summed E-state index contributed by atoms with van der Waals surface area (Å²) >= 11 is 0. The van der Waals surface area contributed by atoms with Crippen molar-refractivity contribution in [3.63, 3.8) is 0 Å². The molecule has 1 saturated heterocycles. The van der Waals surface area contributed by atoms with Crippen LogP contribution in [0, 0.1) is 0 Å². The van der Waals surface area contributed by atoms with Crippen molar-refractivity contribution in [3.05, 3.63) is 41.7 Å². The summed E-state index contributed by atoms with van der Waals surface area (Å²) in [4.78, 5) is 15.9. The number of H-pyrrole nitrogens is 1. The van der Waals surface area contributed by atoms with Crippen LogP contribution in [-0.4, -0.2) is 56.5 Å². The molecule has 1 fully saturated rings. The standard InChI is InChI=1S/C18H21N5O4S/c1-27-12-3-5-13(6-4-12)28(25,26)23-11-2-7-16(19-8-11)14-9-20-18(24)17-15(14)10-21-22-17/h3-6,9-11,14,16,19,23H,2,7-8H2,1H3,(H,21,22). The number of nitrogens with one attached hydrogen (secondary N) is 3. The molecule has 0 saturated carbocycles. The van der Waals surface area contributed by atoms with Gasteiger partial charge in [0.25, 0.3) is 5.91 Å². The molecular formula is C18H21N5O4S. The molecule has 4 rings (SSSR count). The predicted octanol–water partition coefficient (Wildman–Crippen LogP) is 0.826. The van der Waals surface area contributed by atoms with Gasteiger partial charge in [-0.15, -0.1) is 0 Å². The normalized spacial score (nSPS) is 24.8. The number of hydrogen-bond donors (Lipinski definition) is 3. The maximum absolute atomic E-state index is 12.6. The van der Waals surface area contributed by atoms with Crippen LogP contribution in [0.3, 0.4) is 0 Å². The average Bonchev–Trinajstić information content (AvgIpc) is 3.20. The average molecular weight is 403 g/mol. The minimum atomic E-state index is -3.61. The Bertz CT molecular complexity index is 991. The molecule has 0 bridgehead atoms. The number of hydrogen-bond acceptors (Lipinski definition) is 6. The predicted molar refractivity (Wildman–Crippen MR) is 102 cm³/mol. The van der Waals surface area contributed by atoms with Crippen LogP contribution in [0.5, 0.6) is 5.75 Å². The number of amides is 1. The van der Waals surface area contributed by atoms with Crippen LogP contribution in [-0.2, 0) is 10.0 Å². The number of piperidine rings is 1. The van der Waals surface area contributed by atoms with Gasteiger partial charge in [0.05, 0.1) is 18.2 Å². The van der Waals surface area contributed by atoms with Gasteiger partial charge >= 0.3 is 0 Å². The van der Waals surface area contributed by atoms with Crippen molar-refractivity contribution in [2.75, 3.05) is 13.7 Å². The second-order valence-corrected chi connectivity index (χ2v) is 8.61. The summed E-state index contributed by atoms with van der Waals surface area (Å²) in [5.41, 5.74) is 1.26. The van der Waals surface area contributed by atoms with Crippen molar-refractivity contribution >= 4 is 22.1 Å². The van der Waals surface area contributed by atoms with Crippen molar-refractivity contribution in [2.45, 2.75) is 35.7 Å². The Hall–Kier alpha value is -2.56. The number of aromatic amines is 1. The first-order chi connectivity index (χ1) is 13.5. The summed E-state index contributed by atoms with van der Waals surface area (Å²) in [6.07, 6.45) is 4.73. The molecule has 3 atom stereocenters. The highest BCUT2D eigenvalue weighted by Crippen LogP contribution is 2.29. The van der Waals surface area contributed by atoms with E-state index < -0.39 is 10.0 Å². The first-order valence-corrected chi connectivity index (χ1v) is 10.5. The largest absolute Gasteiger partial charge is 0.497 e. The van der Waals surface area contributed by atoms with Gasteiger partial charge in [-0.2, -0.15) is 5.10 Å². The summed E-state index contributed by atoms with van der Waals surface area (Å²) < 4.78 is 33.0. The van der Waals surface area contributed by atoms with Crippen LogP contribution < -0.4 is 14.8 Å². The number of methoxy groups -OCH3 is 1. The van der Waals surface area contributed by atoms with E-state index in [1.807, 2.05) is 0 Å². The highest BCUT2D eigenvalue weighted by molar-refractivity contribution is 7.89. The molecule has 10 heteroatoms. The van der Waals surface area contributed by atoms with Gasteiger partial charge in [0, 0.05) is 36.3 Å². The van der Waals surface area contributed by atoms with Crippen molar-refractivity contribution in [3.8, 4) is 5.75 Å². The molecule has 0 radical (unpaired) electrons. The second-order valence-electron chi connectivity index (χ2n) is 6.90. The molecular weight excluding hydrogens is 382 g/mol. The third-order valence-electron chi connectivity index (χ3n) is 5.17. The number of rotatable bonds is 5. The van der Waals surface area contributed by atoms with Gasteiger partial charge in [-0.25, -0.2) is 18.1 Å². The number of nitrogens with zero attached hydrogens (tertiary/aromatic N) is 2. The van der Waals surface area contributed by atoms with Gasteiger partial charge in [0.2, 0.25) is 10.0 Å². The Morgan fingerprint density at radius 3 is 2.68 bits per heavy atom. The second kappa shape index (κ2) is 7.46. The van der Waals surface area contributed by atoms with Crippen LogP contribution in [0.15, 0.2) is 40.4 Å². The lowest BCUT2D eigenvalue weighted by atomic mass is 9.85. The zero-order valence-electron chi connectivity index (χ0n) is 15.3. The summed E-state index contributed by atoms with van der Waals surface area (Å²) in [5.74, 6) is 0.225. The number of sulfonamides is 1. The van der Waals surface area contributed by atoms with Crippen molar-refractivity contribution < 1.29 is 17.9 Å². The van der Waals surface area contributed by atoms with E-state index in [4.69, 9.17) is 4.74 Å². The molecule has 1 amide bonds. The smallest absolute Gasteiger partial charge is 0.294 e. The Kier molecular flexibility index (Phi) is 5.00. The fraction of sp³-hybridized carbons (Fsp3) is 0.389. The Morgan fingerprint density at radius 1 is 1.21 bits per heavy atom. The number of ether oxygens (including phenoxy) is 1. The van der Waals surface area contributed by atoms with Crippen LogP contribution in [0.1, 0.15) is 34.8 Å². The lowest BCUT2D eigenvalue weighted by Crippen LogP contribution is -2.51. The number of aromatic nitrogens is 2.